The summed E-state index contributed by atoms with van der Waals surface area (Å²) in [6.07, 6.45) is 3.14. The highest BCUT2D eigenvalue weighted by atomic mass is 35.5. The second-order valence-corrected chi connectivity index (χ2v) is 6.00. The van der Waals surface area contributed by atoms with E-state index in [2.05, 4.69) is 11.4 Å². The number of halogens is 1. The first-order valence-corrected chi connectivity index (χ1v) is 7.38. The van der Waals surface area contributed by atoms with Gasteiger partial charge in [-0.25, -0.2) is 0 Å². The molecular weight excluding hydrogens is 264 g/mol. The molecule has 1 atom stereocenters. The van der Waals surface area contributed by atoms with E-state index in [4.69, 9.17) is 11.6 Å². The van der Waals surface area contributed by atoms with Gasteiger partial charge in [-0.15, -0.1) is 11.3 Å². The van der Waals surface area contributed by atoms with Crippen LogP contribution in [-0.4, -0.2) is 5.78 Å². The molecule has 3 rings (SSSR count). The molecule has 0 saturated heterocycles. The van der Waals surface area contributed by atoms with Crippen LogP contribution in [0.25, 0.3) is 0 Å². The van der Waals surface area contributed by atoms with Crippen molar-refractivity contribution < 1.29 is 4.79 Å². The molecule has 3 heteroatoms. The van der Waals surface area contributed by atoms with Gasteiger partial charge in [0.15, 0.2) is 5.78 Å². The van der Waals surface area contributed by atoms with Crippen LogP contribution in [0, 0.1) is 0 Å². The fourth-order valence-electron chi connectivity index (χ4n) is 2.61. The van der Waals surface area contributed by atoms with E-state index >= 15 is 0 Å². The molecule has 1 unspecified atom stereocenters. The Bertz CT molecular complexity index is 588. The number of hydrogen-bond acceptors (Lipinski definition) is 2. The van der Waals surface area contributed by atoms with Crippen molar-refractivity contribution in [1.29, 1.82) is 0 Å². The van der Waals surface area contributed by atoms with E-state index < -0.39 is 0 Å². The Hall–Kier alpha value is -1.12. The number of carbonyl (C=O) groups is 1. The Labute approximate surface area is 115 Å². The first-order chi connectivity index (χ1) is 8.77. The summed E-state index contributed by atoms with van der Waals surface area (Å²) in [5.41, 5.74) is 1.87. The standard InChI is InChI=1S/C15H13ClOS/c16-13-6-2-1-4-12(13)15(17)11-5-3-7-14-10(11)8-9-18-14/h1-2,4,6,8-9,11H,3,5,7H2. The van der Waals surface area contributed by atoms with Gasteiger partial charge in [0.1, 0.15) is 0 Å². The molecule has 1 aromatic carbocycles. The van der Waals surface area contributed by atoms with Gasteiger partial charge in [-0.2, -0.15) is 0 Å². The summed E-state index contributed by atoms with van der Waals surface area (Å²) in [6, 6.07) is 9.43. The van der Waals surface area contributed by atoms with Crippen molar-refractivity contribution in [2.75, 3.05) is 0 Å². The lowest BCUT2D eigenvalue weighted by molar-refractivity contribution is 0.0951. The van der Waals surface area contributed by atoms with E-state index in [-0.39, 0.29) is 11.7 Å². The van der Waals surface area contributed by atoms with Crippen LogP contribution < -0.4 is 0 Å². The van der Waals surface area contributed by atoms with Crippen LogP contribution in [0.1, 0.15) is 39.6 Å². The number of Topliss-reactive ketones (excluding diaryl/α,β-unsaturated/α-hetero) is 1. The van der Waals surface area contributed by atoms with Crippen LogP contribution in [-0.2, 0) is 6.42 Å². The monoisotopic (exact) mass is 276 g/mol. The molecule has 0 saturated carbocycles. The van der Waals surface area contributed by atoms with Crippen molar-refractivity contribution in [2.24, 2.45) is 0 Å². The van der Waals surface area contributed by atoms with Gasteiger partial charge in [-0.05, 0) is 48.4 Å². The summed E-state index contributed by atoms with van der Waals surface area (Å²) in [5.74, 6) is 0.167. The average molecular weight is 277 g/mol. The molecule has 0 bridgehead atoms. The summed E-state index contributed by atoms with van der Waals surface area (Å²) in [5, 5.41) is 2.65. The second-order valence-electron chi connectivity index (χ2n) is 4.59. The molecular formula is C15H13ClOS. The molecule has 0 radical (unpaired) electrons. The number of fused-ring (bicyclic) bond motifs is 1. The molecule has 18 heavy (non-hydrogen) atoms. The van der Waals surface area contributed by atoms with Crippen LogP contribution in [0.15, 0.2) is 35.7 Å². The maximum atomic E-state index is 12.6. The zero-order valence-electron chi connectivity index (χ0n) is 9.86. The Balaban J connectivity index is 1.98. The molecule has 1 nitrogen and oxygen atoms in total. The Morgan fingerprint density at radius 3 is 2.94 bits per heavy atom. The molecule has 1 heterocycles. The van der Waals surface area contributed by atoms with Crippen LogP contribution in [0.5, 0.6) is 0 Å². The number of hydrogen-bond donors (Lipinski definition) is 0. The molecule has 1 aliphatic rings. The average Bonchev–Trinajstić information content (AvgIpc) is 2.86. The van der Waals surface area contributed by atoms with E-state index in [1.165, 1.54) is 10.4 Å². The number of benzene rings is 1. The largest absolute Gasteiger partial charge is 0.293 e. The highest BCUT2D eigenvalue weighted by molar-refractivity contribution is 7.10. The Morgan fingerprint density at radius 1 is 1.28 bits per heavy atom. The van der Waals surface area contributed by atoms with Gasteiger partial charge in [0, 0.05) is 16.4 Å². The van der Waals surface area contributed by atoms with Gasteiger partial charge in [0.2, 0.25) is 0 Å². The summed E-state index contributed by atoms with van der Waals surface area (Å²) >= 11 is 7.88. The predicted octanol–water partition coefficient (Wildman–Crippen LogP) is 4.70. The van der Waals surface area contributed by atoms with Gasteiger partial charge in [0.05, 0.1) is 5.02 Å². The van der Waals surface area contributed by atoms with E-state index in [0.29, 0.717) is 10.6 Å². The van der Waals surface area contributed by atoms with Crippen LogP contribution in [0.4, 0.5) is 0 Å². The normalized spacial score (nSPS) is 18.4. The smallest absolute Gasteiger partial charge is 0.171 e. The molecule has 0 aliphatic heterocycles. The van der Waals surface area contributed by atoms with Crippen LogP contribution >= 0.6 is 22.9 Å². The first kappa shape index (κ1) is 11.9. The van der Waals surface area contributed by atoms with Crippen molar-refractivity contribution in [3.05, 3.63) is 56.7 Å². The third-order valence-corrected chi connectivity index (χ3v) is 4.83. The topological polar surface area (TPSA) is 17.1 Å². The minimum atomic E-state index is -0.0000926. The van der Waals surface area contributed by atoms with E-state index in [9.17, 15) is 4.79 Å². The molecule has 0 N–H and O–H groups in total. The van der Waals surface area contributed by atoms with Gasteiger partial charge in [-0.1, -0.05) is 23.7 Å². The first-order valence-electron chi connectivity index (χ1n) is 6.12. The number of rotatable bonds is 2. The maximum Gasteiger partial charge on any atom is 0.171 e. The molecule has 0 spiro atoms. The van der Waals surface area contributed by atoms with E-state index in [1.54, 1.807) is 17.4 Å². The lowest BCUT2D eigenvalue weighted by Crippen LogP contribution is -2.17. The lowest BCUT2D eigenvalue weighted by Gasteiger charge is -2.21. The highest BCUT2D eigenvalue weighted by Crippen LogP contribution is 2.37. The number of aryl methyl sites for hydroxylation is 1. The Morgan fingerprint density at radius 2 is 2.11 bits per heavy atom. The number of thiophene rings is 1. The third-order valence-electron chi connectivity index (χ3n) is 3.51. The molecule has 2 aromatic rings. The summed E-state index contributed by atoms with van der Waals surface area (Å²) in [4.78, 5) is 14.0. The van der Waals surface area contributed by atoms with Crippen LogP contribution in [0.2, 0.25) is 5.02 Å². The molecule has 0 amide bonds. The fourth-order valence-corrected chi connectivity index (χ4v) is 3.82. The maximum absolute atomic E-state index is 12.6. The molecule has 1 aromatic heterocycles. The summed E-state index contributed by atoms with van der Waals surface area (Å²) in [6.45, 7) is 0. The SMILES string of the molecule is O=C(c1ccccc1Cl)C1CCCc2sccc21. The van der Waals surface area contributed by atoms with Crippen molar-refractivity contribution in [3.63, 3.8) is 0 Å². The van der Waals surface area contributed by atoms with Crippen molar-refractivity contribution in [2.45, 2.75) is 25.2 Å². The minimum absolute atomic E-state index is 0.0000926. The number of carbonyl (C=O) groups excluding carboxylic acids is 1. The fraction of sp³-hybridized carbons (Fsp3) is 0.267. The minimum Gasteiger partial charge on any atom is -0.293 e. The van der Waals surface area contributed by atoms with E-state index in [1.807, 2.05) is 18.2 Å². The van der Waals surface area contributed by atoms with Crippen molar-refractivity contribution >= 4 is 28.7 Å². The molecule has 0 fully saturated rings. The quantitative estimate of drug-likeness (QED) is 0.727. The van der Waals surface area contributed by atoms with Gasteiger partial charge < -0.3 is 0 Å². The molecule has 1 aliphatic carbocycles. The van der Waals surface area contributed by atoms with Crippen molar-refractivity contribution in [3.8, 4) is 0 Å². The highest BCUT2D eigenvalue weighted by Gasteiger charge is 2.28. The molecule has 92 valence electrons. The summed E-state index contributed by atoms with van der Waals surface area (Å²) < 4.78 is 0. The predicted molar refractivity (Wildman–Crippen MR) is 75.8 cm³/mol. The van der Waals surface area contributed by atoms with Gasteiger partial charge in [0.25, 0.3) is 0 Å². The van der Waals surface area contributed by atoms with Gasteiger partial charge in [-0.3, -0.25) is 4.79 Å². The Kier molecular flexibility index (Phi) is 3.23. The van der Waals surface area contributed by atoms with E-state index in [0.717, 1.165) is 19.3 Å². The lowest BCUT2D eigenvalue weighted by atomic mass is 9.82. The number of ketones is 1. The third kappa shape index (κ3) is 2.00. The zero-order valence-corrected chi connectivity index (χ0v) is 11.4. The zero-order chi connectivity index (χ0) is 12.5. The van der Waals surface area contributed by atoms with Gasteiger partial charge >= 0.3 is 0 Å². The van der Waals surface area contributed by atoms with Crippen molar-refractivity contribution in [1.82, 2.24) is 0 Å². The second kappa shape index (κ2) is 4.87. The summed E-state index contributed by atoms with van der Waals surface area (Å²) in [7, 11) is 0. The van der Waals surface area contributed by atoms with Crippen LogP contribution in [0.3, 0.4) is 0 Å².